The van der Waals surface area contributed by atoms with Crippen molar-refractivity contribution in [3.05, 3.63) is 0 Å². The van der Waals surface area contributed by atoms with Gasteiger partial charge in [0.25, 0.3) is 0 Å². The normalized spacial score (nSPS) is 19.1. The number of rotatable bonds is 27. The number of unbranched alkanes of at least 4 members (excludes halogenated alkanes) is 18. The van der Waals surface area contributed by atoms with Gasteiger partial charge >= 0.3 is 0 Å². The first kappa shape index (κ1) is 33.8. The molecule has 2 rings (SSSR count). The van der Waals surface area contributed by atoms with Crippen molar-refractivity contribution in [2.75, 3.05) is 33.0 Å². The van der Waals surface area contributed by atoms with Crippen molar-refractivity contribution in [2.45, 2.75) is 167 Å². The Labute approximate surface area is 223 Å². The zero-order valence-corrected chi connectivity index (χ0v) is 24.1. The van der Waals surface area contributed by atoms with E-state index in [-0.39, 0.29) is 0 Å². The summed E-state index contributed by atoms with van der Waals surface area (Å²) in [6, 6.07) is 0. The lowest BCUT2D eigenvalue weighted by atomic mass is 10.0. The highest BCUT2D eigenvalue weighted by atomic mass is 19.1. The summed E-state index contributed by atoms with van der Waals surface area (Å²) in [6.07, 6.45) is 26.6. The predicted octanol–water partition coefficient (Wildman–Crippen LogP) is 9.33. The summed E-state index contributed by atoms with van der Waals surface area (Å²) < 4.78 is 34.1. The van der Waals surface area contributed by atoms with E-state index in [1.54, 1.807) is 0 Å². The van der Waals surface area contributed by atoms with Gasteiger partial charge in [0, 0.05) is 6.42 Å². The molecule has 0 bridgehead atoms. The second-order valence-electron chi connectivity index (χ2n) is 10.9. The number of alkyl halides is 1. The molecule has 3 unspecified atom stereocenters. The molecule has 0 saturated carbocycles. The highest BCUT2D eigenvalue weighted by Gasteiger charge is 2.26. The molecule has 0 aromatic heterocycles. The SMILES string of the molecule is C(OCC1CO1)C1CO1.CCCCCCCCCCCCCCCCOC(F)CCCCCCCC. The average molecular weight is 517 g/mol. The van der Waals surface area contributed by atoms with Crippen LogP contribution in [0.5, 0.6) is 0 Å². The molecule has 0 aromatic carbocycles. The molecule has 4 nitrogen and oxygen atoms in total. The molecule has 0 N–H and O–H groups in total. The summed E-state index contributed by atoms with van der Waals surface area (Å²) in [5.74, 6) is 0. The molecule has 0 aromatic rings. The Morgan fingerprint density at radius 2 is 0.944 bits per heavy atom. The largest absolute Gasteiger partial charge is 0.376 e. The van der Waals surface area contributed by atoms with Crippen molar-refractivity contribution >= 4 is 0 Å². The second-order valence-corrected chi connectivity index (χ2v) is 10.9. The third-order valence-electron chi connectivity index (χ3n) is 6.99. The van der Waals surface area contributed by atoms with E-state index in [2.05, 4.69) is 13.8 Å². The third-order valence-corrected chi connectivity index (χ3v) is 6.99. The van der Waals surface area contributed by atoms with Gasteiger partial charge in [-0.25, -0.2) is 4.39 Å². The van der Waals surface area contributed by atoms with Crippen LogP contribution in [-0.4, -0.2) is 51.6 Å². The molecule has 3 atom stereocenters. The summed E-state index contributed by atoms with van der Waals surface area (Å²) in [5.41, 5.74) is 0. The highest BCUT2D eigenvalue weighted by molar-refractivity contribution is 4.71. The van der Waals surface area contributed by atoms with Crippen LogP contribution in [-0.2, 0) is 18.9 Å². The maximum Gasteiger partial charge on any atom is 0.198 e. The first-order valence-corrected chi connectivity index (χ1v) is 15.8. The van der Waals surface area contributed by atoms with E-state index in [1.165, 1.54) is 109 Å². The highest BCUT2D eigenvalue weighted by Crippen LogP contribution is 2.15. The zero-order chi connectivity index (χ0) is 25.9. The van der Waals surface area contributed by atoms with E-state index in [1.807, 2.05) is 0 Å². The fourth-order valence-electron chi connectivity index (χ4n) is 4.34. The van der Waals surface area contributed by atoms with Crippen molar-refractivity contribution in [3.8, 4) is 0 Å². The fourth-order valence-corrected chi connectivity index (χ4v) is 4.34. The Kier molecular flexibility index (Phi) is 24.8. The van der Waals surface area contributed by atoms with E-state index in [0.29, 0.717) is 25.2 Å². The van der Waals surface area contributed by atoms with Crippen molar-refractivity contribution in [1.82, 2.24) is 0 Å². The van der Waals surface area contributed by atoms with E-state index in [9.17, 15) is 4.39 Å². The summed E-state index contributed by atoms with van der Waals surface area (Å²) in [4.78, 5) is 0. The van der Waals surface area contributed by atoms with Crippen LogP contribution in [0.3, 0.4) is 0 Å². The molecule has 2 saturated heterocycles. The van der Waals surface area contributed by atoms with Crippen molar-refractivity contribution in [2.24, 2.45) is 0 Å². The lowest BCUT2D eigenvalue weighted by molar-refractivity contribution is -0.0459. The summed E-state index contributed by atoms with van der Waals surface area (Å²) in [5, 5.41) is 0. The minimum Gasteiger partial charge on any atom is -0.376 e. The summed E-state index contributed by atoms with van der Waals surface area (Å²) in [7, 11) is 0. The fraction of sp³-hybridized carbons (Fsp3) is 1.00. The molecule has 5 heteroatoms. The van der Waals surface area contributed by atoms with Gasteiger partial charge in [0.15, 0.2) is 6.36 Å². The monoisotopic (exact) mass is 516 g/mol. The van der Waals surface area contributed by atoms with Gasteiger partial charge in [-0.05, 0) is 12.8 Å². The van der Waals surface area contributed by atoms with E-state index < -0.39 is 6.36 Å². The Balaban J connectivity index is 0.000000587. The maximum atomic E-state index is 13.6. The van der Waals surface area contributed by atoms with E-state index in [4.69, 9.17) is 18.9 Å². The Hall–Kier alpha value is -0.230. The zero-order valence-electron chi connectivity index (χ0n) is 24.1. The number of epoxide rings is 2. The standard InChI is InChI=1S/C25H51FO.C6H10O3/c1-3-5-7-9-11-12-13-14-15-16-17-18-20-22-24-27-25(26)23-21-19-10-8-6-4-2;1(5-3-8-5)7-2-6-4-9-6/h25H,3-24H2,1-2H3;5-6H,1-4H2. The minimum absolute atomic E-state index is 0.392. The van der Waals surface area contributed by atoms with Gasteiger partial charge < -0.3 is 18.9 Å². The van der Waals surface area contributed by atoms with Gasteiger partial charge in [-0.15, -0.1) is 0 Å². The molecule has 216 valence electrons. The number of hydrogen-bond donors (Lipinski definition) is 0. The molecule has 36 heavy (non-hydrogen) atoms. The van der Waals surface area contributed by atoms with Crippen molar-refractivity contribution in [3.63, 3.8) is 0 Å². The third kappa shape index (κ3) is 26.8. The minimum atomic E-state index is -1.03. The van der Waals surface area contributed by atoms with E-state index >= 15 is 0 Å². The quantitative estimate of drug-likeness (QED) is 0.0805. The van der Waals surface area contributed by atoms with Crippen LogP contribution in [0.15, 0.2) is 0 Å². The van der Waals surface area contributed by atoms with Gasteiger partial charge in [0.05, 0.1) is 33.0 Å². The summed E-state index contributed by atoms with van der Waals surface area (Å²) in [6.45, 7) is 8.37. The van der Waals surface area contributed by atoms with Crippen LogP contribution < -0.4 is 0 Å². The Morgan fingerprint density at radius 1 is 0.583 bits per heavy atom. The first-order chi connectivity index (χ1) is 17.8. The van der Waals surface area contributed by atoms with Crippen molar-refractivity contribution < 1.29 is 23.3 Å². The van der Waals surface area contributed by atoms with E-state index in [0.717, 1.165) is 45.7 Å². The van der Waals surface area contributed by atoms with Crippen LogP contribution in [0, 0.1) is 0 Å². The molecule has 0 amide bonds. The Bertz CT molecular complexity index is 417. The average Bonchev–Trinajstić information content (AvgIpc) is 3.81. The molecule has 2 fully saturated rings. The lowest BCUT2D eigenvalue weighted by Gasteiger charge is -2.09. The number of hydrogen-bond acceptors (Lipinski definition) is 4. The smallest absolute Gasteiger partial charge is 0.198 e. The van der Waals surface area contributed by atoms with Crippen molar-refractivity contribution in [1.29, 1.82) is 0 Å². The molecular formula is C31H61FO4. The Morgan fingerprint density at radius 3 is 1.33 bits per heavy atom. The second kappa shape index (κ2) is 26.4. The van der Waals surface area contributed by atoms with Gasteiger partial charge in [-0.2, -0.15) is 0 Å². The molecular weight excluding hydrogens is 455 g/mol. The predicted molar refractivity (Wildman–Crippen MR) is 149 cm³/mol. The molecule has 0 spiro atoms. The van der Waals surface area contributed by atoms with Gasteiger partial charge in [-0.3, -0.25) is 0 Å². The van der Waals surface area contributed by atoms with Gasteiger partial charge in [-0.1, -0.05) is 129 Å². The van der Waals surface area contributed by atoms with Crippen LogP contribution in [0.2, 0.25) is 0 Å². The van der Waals surface area contributed by atoms with Gasteiger partial charge in [0.2, 0.25) is 0 Å². The molecule has 2 aliphatic heterocycles. The van der Waals surface area contributed by atoms with Crippen LogP contribution in [0.4, 0.5) is 4.39 Å². The number of halogens is 1. The molecule has 0 aliphatic carbocycles. The summed E-state index contributed by atoms with van der Waals surface area (Å²) >= 11 is 0. The van der Waals surface area contributed by atoms with Crippen LogP contribution in [0.1, 0.15) is 149 Å². The molecule has 0 radical (unpaired) electrons. The lowest BCUT2D eigenvalue weighted by Crippen LogP contribution is -2.07. The topological polar surface area (TPSA) is 43.5 Å². The van der Waals surface area contributed by atoms with Gasteiger partial charge in [0.1, 0.15) is 12.2 Å². The maximum absolute atomic E-state index is 13.6. The number of ether oxygens (including phenoxy) is 4. The van der Waals surface area contributed by atoms with Crippen LogP contribution in [0.25, 0.3) is 0 Å². The molecule has 2 aliphatic rings. The first-order valence-electron chi connectivity index (χ1n) is 15.8. The van der Waals surface area contributed by atoms with Crippen LogP contribution >= 0.6 is 0 Å². The molecule has 2 heterocycles.